The lowest BCUT2D eigenvalue weighted by Gasteiger charge is -2.20. The van der Waals surface area contributed by atoms with Gasteiger partial charge in [0, 0.05) is 11.3 Å². The second kappa shape index (κ2) is 3.83. The van der Waals surface area contributed by atoms with Crippen molar-refractivity contribution in [3.8, 4) is 0 Å². The fourth-order valence-corrected chi connectivity index (χ4v) is 2.88. The molecule has 3 rings (SSSR count). The van der Waals surface area contributed by atoms with E-state index in [0.717, 1.165) is 16.5 Å². The molecule has 2 aromatic rings. The Morgan fingerprint density at radius 1 is 1.29 bits per heavy atom. The van der Waals surface area contributed by atoms with Crippen molar-refractivity contribution in [1.82, 2.24) is 0 Å². The van der Waals surface area contributed by atoms with Gasteiger partial charge in [-0.15, -0.1) is 0 Å². The summed E-state index contributed by atoms with van der Waals surface area (Å²) in [4.78, 5) is 0. The van der Waals surface area contributed by atoms with Crippen molar-refractivity contribution in [3.63, 3.8) is 0 Å². The first-order valence-corrected chi connectivity index (χ1v) is 5.92. The van der Waals surface area contributed by atoms with Crippen molar-refractivity contribution >= 4 is 28.1 Å². The van der Waals surface area contributed by atoms with Crippen LogP contribution in [-0.4, -0.2) is 5.71 Å². The molecule has 17 heavy (non-hydrogen) atoms. The van der Waals surface area contributed by atoms with E-state index in [4.69, 9.17) is 21.7 Å². The average molecular weight is 246 g/mol. The summed E-state index contributed by atoms with van der Waals surface area (Å²) in [5.74, 6) is 0. The second-order valence-electron chi connectivity index (χ2n) is 4.35. The third-order valence-corrected chi connectivity index (χ3v) is 3.47. The zero-order valence-electron chi connectivity index (χ0n) is 9.51. The molecule has 2 nitrogen and oxygen atoms in total. The van der Waals surface area contributed by atoms with E-state index in [0.29, 0.717) is 23.9 Å². The van der Waals surface area contributed by atoms with E-state index in [1.54, 1.807) is 6.92 Å². The molecule has 0 aromatic heterocycles. The molecule has 0 atom stereocenters. The molecule has 0 aliphatic carbocycles. The van der Waals surface area contributed by atoms with Crippen LogP contribution in [0.4, 0.5) is 0 Å². The number of nitrogens with one attached hydrogen (secondary N) is 1. The van der Waals surface area contributed by atoms with Crippen LogP contribution in [0.15, 0.2) is 24.3 Å². The van der Waals surface area contributed by atoms with Crippen molar-refractivity contribution in [2.24, 2.45) is 0 Å². The van der Waals surface area contributed by atoms with E-state index in [2.05, 4.69) is 6.07 Å². The molecule has 0 amide bonds. The van der Waals surface area contributed by atoms with Gasteiger partial charge >= 0.3 is 0 Å². The van der Waals surface area contributed by atoms with Gasteiger partial charge in [-0.25, -0.2) is 0 Å². The van der Waals surface area contributed by atoms with Gasteiger partial charge in [0.2, 0.25) is 0 Å². The van der Waals surface area contributed by atoms with E-state index in [1.165, 1.54) is 10.9 Å². The molecule has 0 radical (unpaired) electrons. The highest BCUT2D eigenvalue weighted by Gasteiger charge is 2.18. The Balaban J connectivity index is 2.50. The van der Waals surface area contributed by atoms with Gasteiger partial charge in [0.05, 0.1) is 18.2 Å². The lowest BCUT2D eigenvalue weighted by molar-refractivity contribution is 0.103. The standard InChI is InChI=1S/C14H12ClNO/c1-8(16)13-11-4-2-3-9-6-17-7-10(14(9)11)5-12(13)15/h2-5,16H,6-7H2,1H3. The topological polar surface area (TPSA) is 33.1 Å². The first-order valence-electron chi connectivity index (χ1n) is 5.54. The predicted molar refractivity (Wildman–Crippen MR) is 70.0 cm³/mol. The summed E-state index contributed by atoms with van der Waals surface area (Å²) in [5, 5.41) is 10.8. The SMILES string of the molecule is CC(=N)c1c(Cl)cc2c3c(cccc13)COC2. The number of ether oxygens (including phenoxy) is 1. The summed E-state index contributed by atoms with van der Waals surface area (Å²) in [5.41, 5.74) is 3.65. The maximum atomic E-state index is 7.86. The molecule has 0 unspecified atom stereocenters. The van der Waals surface area contributed by atoms with Crippen molar-refractivity contribution in [2.75, 3.05) is 0 Å². The fraction of sp³-hybridized carbons (Fsp3) is 0.214. The molecular formula is C14H12ClNO. The maximum Gasteiger partial charge on any atom is 0.0728 e. The molecule has 1 heterocycles. The van der Waals surface area contributed by atoms with Gasteiger partial charge in [-0.3, -0.25) is 0 Å². The molecule has 2 aromatic carbocycles. The van der Waals surface area contributed by atoms with Gasteiger partial charge in [-0.1, -0.05) is 29.8 Å². The van der Waals surface area contributed by atoms with Crippen LogP contribution in [0, 0.1) is 5.41 Å². The van der Waals surface area contributed by atoms with E-state index in [1.807, 2.05) is 18.2 Å². The molecule has 86 valence electrons. The highest BCUT2D eigenvalue weighted by molar-refractivity contribution is 6.36. The normalized spacial score (nSPS) is 14.0. The Kier molecular flexibility index (Phi) is 2.42. The lowest BCUT2D eigenvalue weighted by Crippen LogP contribution is -2.07. The summed E-state index contributed by atoms with van der Waals surface area (Å²) < 4.78 is 5.53. The summed E-state index contributed by atoms with van der Waals surface area (Å²) in [6, 6.07) is 8.04. The Hall–Kier alpha value is -1.38. The molecule has 3 heteroatoms. The number of rotatable bonds is 1. The van der Waals surface area contributed by atoms with Gasteiger partial charge in [0.15, 0.2) is 0 Å². The summed E-state index contributed by atoms with van der Waals surface area (Å²) >= 11 is 6.26. The van der Waals surface area contributed by atoms with Crippen molar-refractivity contribution < 1.29 is 4.74 Å². The number of hydrogen-bond donors (Lipinski definition) is 1. The second-order valence-corrected chi connectivity index (χ2v) is 4.76. The van der Waals surface area contributed by atoms with E-state index in [9.17, 15) is 0 Å². The minimum absolute atomic E-state index is 0.505. The number of halogens is 1. The Bertz CT molecular complexity index is 634. The summed E-state index contributed by atoms with van der Waals surface area (Å²) in [6.45, 7) is 3.02. The van der Waals surface area contributed by atoms with Gasteiger partial charge in [0.25, 0.3) is 0 Å². The fourth-order valence-electron chi connectivity index (χ4n) is 2.50. The largest absolute Gasteiger partial charge is 0.372 e. The van der Waals surface area contributed by atoms with E-state index >= 15 is 0 Å². The van der Waals surface area contributed by atoms with Crippen LogP contribution >= 0.6 is 11.6 Å². The third kappa shape index (κ3) is 1.56. The number of hydrogen-bond acceptors (Lipinski definition) is 2. The number of benzene rings is 2. The van der Waals surface area contributed by atoms with Crippen LogP contribution < -0.4 is 0 Å². The quantitative estimate of drug-likeness (QED) is 0.760. The van der Waals surface area contributed by atoms with Crippen molar-refractivity contribution in [3.05, 3.63) is 46.0 Å². The molecular weight excluding hydrogens is 234 g/mol. The van der Waals surface area contributed by atoms with Gasteiger partial charge in [-0.2, -0.15) is 0 Å². The zero-order valence-corrected chi connectivity index (χ0v) is 10.3. The molecule has 1 aliphatic heterocycles. The third-order valence-electron chi connectivity index (χ3n) is 3.17. The Labute approximate surface area is 105 Å². The molecule has 0 saturated carbocycles. The zero-order chi connectivity index (χ0) is 12.0. The molecule has 0 saturated heterocycles. The first kappa shape index (κ1) is 10.8. The Morgan fingerprint density at radius 2 is 2.06 bits per heavy atom. The van der Waals surface area contributed by atoms with Crippen LogP contribution in [0.5, 0.6) is 0 Å². The molecule has 1 aliphatic rings. The molecule has 0 fully saturated rings. The van der Waals surface area contributed by atoms with Crippen LogP contribution in [-0.2, 0) is 18.0 Å². The van der Waals surface area contributed by atoms with E-state index in [-0.39, 0.29) is 0 Å². The Morgan fingerprint density at radius 3 is 2.82 bits per heavy atom. The minimum Gasteiger partial charge on any atom is -0.372 e. The minimum atomic E-state index is 0.505. The molecule has 0 spiro atoms. The van der Waals surface area contributed by atoms with Crippen LogP contribution in [0.1, 0.15) is 23.6 Å². The van der Waals surface area contributed by atoms with E-state index < -0.39 is 0 Å². The van der Waals surface area contributed by atoms with Gasteiger partial charge in [-0.05, 0) is 34.9 Å². The average Bonchev–Trinajstić information content (AvgIpc) is 2.28. The first-order chi connectivity index (χ1) is 8.18. The van der Waals surface area contributed by atoms with Gasteiger partial charge < -0.3 is 10.1 Å². The van der Waals surface area contributed by atoms with Crippen molar-refractivity contribution in [1.29, 1.82) is 5.41 Å². The predicted octanol–water partition coefficient (Wildman–Crippen LogP) is 3.91. The van der Waals surface area contributed by atoms with Crippen LogP contribution in [0.2, 0.25) is 5.02 Å². The monoisotopic (exact) mass is 245 g/mol. The smallest absolute Gasteiger partial charge is 0.0728 e. The highest BCUT2D eigenvalue weighted by atomic mass is 35.5. The molecule has 0 bridgehead atoms. The van der Waals surface area contributed by atoms with Crippen LogP contribution in [0.25, 0.3) is 10.8 Å². The molecule has 1 N–H and O–H groups in total. The lowest BCUT2D eigenvalue weighted by atomic mass is 9.93. The maximum absolute atomic E-state index is 7.86. The summed E-state index contributed by atoms with van der Waals surface area (Å²) in [6.07, 6.45) is 0. The highest BCUT2D eigenvalue weighted by Crippen LogP contribution is 2.35. The van der Waals surface area contributed by atoms with Crippen LogP contribution in [0.3, 0.4) is 0 Å². The summed E-state index contributed by atoms with van der Waals surface area (Å²) in [7, 11) is 0. The van der Waals surface area contributed by atoms with Crippen molar-refractivity contribution in [2.45, 2.75) is 20.1 Å². The van der Waals surface area contributed by atoms with Gasteiger partial charge in [0.1, 0.15) is 0 Å².